The fraction of sp³-hybridized carbons (Fsp3) is 0.250. The van der Waals surface area contributed by atoms with E-state index in [2.05, 4.69) is 18.6 Å². The highest BCUT2D eigenvalue weighted by molar-refractivity contribution is 7.89. The summed E-state index contributed by atoms with van der Waals surface area (Å²) in [5, 5.41) is 1.91. The monoisotopic (exact) mass is 417 g/mol. The highest BCUT2D eigenvalue weighted by Gasteiger charge is 2.26. The zero-order valence-corrected chi connectivity index (χ0v) is 17.5. The lowest BCUT2D eigenvalue weighted by atomic mass is 9.99. The minimum absolute atomic E-state index is 0.00385. The third kappa shape index (κ3) is 4.19. The molecule has 0 spiro atoms. The molecule has 2 heterocycles. The minimum Gasteiger partial charge on any atom is -0.364 e. The van der Waals surface area contributed by atoms with Crippen LogP contribution < -0.4 is 10.5 Å². The average Bonchev–Trinajstić information content (AvgIpc) is 3.30. The molecular weight excluding hydrogens is 394 g/mol. The number of amides is 1. The first-order valence-electron chi connectivity index (χ1n) is 8.81. The van der Waals surface area contributed by atoms with Gasteiger partial charge < -0.3 is 10.3 Å². The maximum absolute atomic E-state index is 13.0. The van der Waals surface area contributed by atoms with Gasteiger partial charge in [0, 0.05) is 18.1 Å². The summed E-state index contributed by atoms with van der Waals surface area (Å²) in [6, 6.07) is 12.5. The van der Waals surface area contributed by atoms with Crippen LogP contribution in [0.15, 0.2) is 58.9 Å². The SMILES string of the molecule is CC(C)c1ccc(C(NS(=O)(=O)c2cc(C(N)=O)n(C)c2)c2cccs2)cc1. The van der Waals surface area contributed by atoms with Gasteiger partial charge in [-0.05, 0) is 34.6 Å². The fourth-order valence-corrected chi connectivity index (χ4v) is 5.12. The van der Waals surface area contributed by atoms with Crippen molar-refractivity contribution in [1.29, 1.82) is 0 Å². The molecule has 6 nitrogen and oxygen atoms in total. The number of nitrogens with two attached hydrogens (primary N) is 1. The summed E-state index contributed by atoms with van der Waals surface area (Å²) < 4.78 is 30.2. The molecule has 28 heavy (non-hydrogen) atoms. The van der Waals surface area contributed by atoms with Gasteiger partial charge in [0.2, 0.25) is 10.0 Å². The fourth-order valence-electron chi connectivity index (χ4n) is 2.97. The van der Waals surface area contributed by atoms with Crippen molar-refractivity contribution in [1.82, 2.24) is 9.29 Å². The molecule has 3 aromatic rings. The lowest BCUT2D eigenvalue weighted by Gasteiger charge is -2.18. The maximum atomic E-state index is 13.0. The summed E-state index contributed by atoms with van der Waals surface area (Å²) in [6.45, 7) is 4.22. The summed E-state index contributed by atoms with van der Waals surface area (Å²) in [4.78, 5) is 12.4. The number of primary amides is 1. The van der Waals surface area contributed by atoms with Crippen LogP contribution in [0.4, 0.5) is 0 Å². The molecule has 0 radical (unpaired) electrons. The van der Waals surface area contributed by atoms with E-state index in [9.17, 15) is 13.2 Å². The van der Waals surface area contributed by atoms with E-state index in [1.54, 1.807) is 7.05 Å². The number of carbonyl (C=O) groups is 1. The number of carbonyl (C=O) groups excluding carboxylic acids is 1. The van der Waals surface area contributed by atoms with Crippen LogP contribution in [0.25, 0.3) is 0 Å². The molecule has 2 aromatic heterocycles. The van der Waals surface area contributed by atoms with Gasteiger partial charge in [0.15, 0.2) is 0 Å². The Labute approximate surface area is 169 Å². The number of nitrogens with zero attached hydrogens (tertiary/aromatic N) is 1. The minimum atomic E-state index is -3.87. The molecule has 0 aliphatic heterocycles. The van der Waals surface area contributed by atoms with E-state index in [4.69, 9.17) is 5.73 Å². The van der Waals surface area contributed by atoms with Crippen molar-refractivity contribution in [3.63, 3.8) is 0 Å². The van der Waals surface area contributed by atoms with Gasteiger partial charge in [0.25, 0.3) is 5.91 Å². The zero-order chi connectivity index (χ0) is 20.5. The smallest absolute Gasteiger partial charge is 0.265 e. The molecule has 0 saturated carbocycles. The number of aromatic nitrogens is 1. The number of sulfonamides is 1. The van der Waals surface area contributed by atoms with E-state index in [1.165, 1.54) is 33.7 Å². The predicted octanol–water partition coefficient (Wildman–Crippen LogP) is 3.38. The van der Waals surface area contributed by atoms with Crippen molar-refractivity contribution in [2.75, 3.05) is 0 Å². The van der Waals surface area contributed by atoms with E-state index in [-0.39, 0.29) is 10.6 Å². The lowest BCUT2D eigenvalue weighted by molar-refractivity contribution is 0.0992. The van der Waals surface area contributed by atoms with Crippen LogP contribution in [0, 0.1) is 0 Å². The van der Waals surface area contributed by atoms with Crippen LogP contribution in [0.5, 0.6) is 0 Å². The van der Waals surface area contributed by atoms with Gasteiger partial charge in [0.05, 0.1) is 6.04 Å². The van der Waals surface area contributed by atoms with Crippen molar-refractivity contribution < 1.29 is 13.2 Å². The topological polar surface area (TPSA) is 94.2 Å². The van der Waals surface area contributed by atoms with Crippen molar-refractivity contribution in [3.8, 4) is 0 Å². The molecule has 3 N–H and O–H groups in total. The van der Waals surface area contributed by atoms with Gasteiger partial charge in [-0.2, -0.15) is 4.72 Å². The average molecular weight is 418 g/mol. The first-order valence-corrected chi connectivity index (χ1v) is 11.2. The maximum Gasteiger partial charge on any atom is 0.265 e. The molecule has 0 fully saturated rings. The van der Waals surface area contributed by atoms with Crippen molar-refractivity contribution >= 4 is 27.3 Å². The van der Waals surface area contributed by atoms with Gasteiger partial charge in [-0.3, -0.25) is 4.79 Å². The van der Waals surface area contributed by atoms with Crippen molar-refractivity contribution in [3.05, 3.63) is 75.7 Å². The molecular formula is C20H23N3O3S2. The van der Waals surface area contributed by atoms with Crippen LogP contribution in [-0.4, -0.2) is 18.9 Å². The lowest BCUT2D eigenvalue weighted by Crippen LogP contribution is -2.28. The molecule has 148 valence electrons. The van der Waals surface area contributed by atoms with E-state index >= 15 is 0 Å². The highest BCUT2D eigenvalue weighted by atomic mass is 32.2. The molecule has 1 atom stereocenters. The molecule has 8 heteroatoms. The second-order valence-corrected chi connectivity index (χ2v) is 9.62. The van der Waals surface area contributed by atoms with E-state index < -0.39 is 22.0 Å². The van der Waals surface area contributed by atoms with E-state index in [0.29, 0.717) is 5.92 Å². The number of rotatable bonds is 7. The van der Waals surface area contributed by atoms with Crippen LogP contribution in [0.2, 0.25) is 0 Å². The molecule has 0 saturated heterocycles. The number of benzene rings is 1. The Hall–Kier alpha value is -2.42. The number of thiophene rings is 1. The Kier molecular flexibility index (Phi) is 5.74. The largest absolute Gasteiger partial charge is 0.364 e. The van der Waals surface area contributed by atoms with Gasteiger partial charge >= 0.3 is 0 Å². The Morgan fingerprint density at radius 2 is 1.79 bits per heavy atom. The molecule has 1 amide bonds. The van der Waals surface area contributed by atoms with Crippen molar-refractivity contribution in [2.24, 2.45) is 12.8 Å². The van der Waals surface area contributed by atoms with Gasteiger partial charge in [-0.15, -0.1) is 11.3 Å². The molecule has 0 bridgehead atoms. The van der Waals surface area contributed by atoms with Gasteiger partial charge in [0.1, 0.15) is 10.6 Å². The Bertz CT molecular complexity index is 1070. The summed E-state index contributed by atoms with van der Waals surface area (Å²) in [7, 11) is -2.28. The third-order valence-electron chi connectivity index (χ3n) is 4.58. The Morgan fingerprint density at radius 1 is 1.14 bits per heavy atom. The van der Waals surface area contributed by atoms with Crippen LogP contribution in [-0.2, 0) is 17.1 Å². The van der Waals surface area contributed by atoms with E-state index in [1.807, 2.05) is 41.8 Å². The first-order chi connectivity index (χ1) is 13.2. The predicted molar refractivity (Wildman–Crippen MR) is 111 cm³/mol. The molecule has 0 aliphatic carbocycles. The summed E-state index contributed by atoms with van der Waals surface area (Å²) >= 11 is 1.48. The number of nitrogens with one attached hydrogen (secondary N) is 1. The van der Waals surface area contributed by atoms with Gasteiger partial charge in [-0.1, -0.05) is 44.2 Å². The standard InChI is InChI=1S/C20H23N3O3S2/c1-13(2)14-6-8-15(9-7-14)19(18-5-4-10-27-18)22-28(25,26)16-11-17(20(21)24)23(3)12-16/h4-13,19,22H,1-3H3,(H2,21,24). The van der Waals surface area contributed by atoms with Crippen molar-refractivity contribution in [2.45, 2.75) is 30.7 Å². The molecule has 1 aromatic carbocycles. The van der Waals surface area contributed by atoms with Crippen LogP contribution in [0.1, 0.15) is 52.3 Å². The summed E-state index contributed by atoms with van der Waals surface area (Å²) in [5.41, 5.74) is 7.47. The van der Waals surface area contributed by atoms with Crippen LogP contribution >= 0.6 is 11.3 Å². The summed E-state index contributed by atoms with van der Waals surface area (Å²) in [6.07, 6.45) is 1.38. The summed E-state index contributed by atoms with van der Waals surface area (Å²) in [5.74, 6) is -0.287. The van der Waals surface area contributed by atoms with Crippen LogP contribution in [0.3, 0.4) is 0 Å². The molecule has 0 aliphatic rings. The number of aryl methyl sites for hydroxylation is 1. The van der Waals surface area contributed by atoms with Gasteiger partial charge in [-0.25, -0.2) is 8.42 Å². The second kappa shape index (κ2) is 7.90. The number of hydrogen-bond donors (Lipinski definition) is 2. The Morgan fingerprint density at radius 3 is 2.29 bits per heavy atom. The molecule has 1 unspecified atom stereocenters. The highest BCUT2D eigenvalue weighted by Crippen LogP contribution is 2.29. The third-order valence-corrected chi connectivity index (χ3v) is 6.91. The Balaban J connectivity index is 1.98. The second-order valence-electron chi connectivity index (χ2n) is 6.93. The number of hydrogen-bond acceptors (Lipinski definition) is 4. The molecule has 3 rings (SSSR count). The van der Waals surface area contributed by atoms with E-state index in [0.717, 1.165) is 10.4 Å². The zero-order valence-electron chi connectivity index (χ0n) is 15.9. The first kappa shape index (κ1) is 20.3. The quantitative estimate of drug-likeness (QED) is 0.617. The normalized spacial score (nSPS) is 13.0.